The number of nitro groups is 1. The van der Waals surface area contributed by atoms with Crippen LogP contribution in [0.25, 0.3) is 0 Å². The summed E-state index contributed by atoms with van der Waals surface area (Å²) in [5, 5.41) is 20.5. The zero-order valence-corrected chi connectivity index (χ0v) is 13.0. The highest BCUT2D eigenvalue weighted by Gasteiger charge is 2.15. The minimum absolute atomic E-state index is 0.0188. The third kappa shape index (κ3) is 4.01. The van der Waals surface area contributed by atoms with Crippen molar-refractivity contribution >= 4 is 40.3 Å². The minimum atomic E-state index is -0.669. The van der Waals surface area contributed by atoms with Gasteiger partial charge in [-0.1, -0.05) is 0 Å². The molecule has 0 unspecified atom stereocenters. The van der Waals surface area contributed by atoms with Crippen LogP contribution in [-0.4, -0.2) is 25.7 Å². The van der Waals surface area contributed by atoms with E-state index in [0.29, 0.717) is 17.9 Å². The molecule has 2 rings (SSSR count). The van der Waals surface area contributed by atoms with Crippen LogP contribution in [0.15, 0.2) is 30.5 Å². The molecule has 0 saturated carbocycles. The van der Waals surface area contributed by atoms with Crippen molar-refractivity contribution in [2.45, 2.75) is 13.5 Å². The molecule has 1 aromatic heterocycles. The monoisotopic (exact) mass is 334 g/mol. The van der Waals surface area contributed by atoms with Gasteiger partial charge in [0.25, 0.3) is 11.6 Å². The molecule has 4 N–H and O–H groups in total. The van der Waals surface area contributed by atoms with Crippen LogP contribution < -0.4 is 16.4 Å². The first kappa shape index (κ1) is 16.4. The number of anilines is 2. The van der Waals surface area contributed by atoms with Crippen LogP contribution >= 0.6 is 12.2 Å². The highest BCUT2D eigenvalue weighted by molar-refractivity contribution is 7.80. The standard InChI is InChI=1S/C13H14N6O3S/c1-2-18-7-10(11(17-18)12(14)20)16-13(23)15-8-3-5-9(6-4-8)19(21)22/h3-7H,2H2,1H3,(H2,14,20)(H2,15,16,23). The summed E-state index contributed by atoms with van der Waals surface area (Å²) in [7, 11) is 0. The molecule has 10 heteroatoms. The number of nitro benzene ring substituents is 1. The molecule has 0 aliphatic heterocycles. The van der Waals surface area contributed by atoms with Gasteiger partial charge in [0.1, 0.15) is 0 Å². The number of rotatable bonds is 5. The maximum Gasteiger partial charge on any atom is 0.271 e. The Kier molecular flexibility index (Phi) is 4.86. The van der Waals surface area contributed by atoms with Gasteiger partial charge < -0.3 is 16.4 Å². The molecule has 0 bridgehead atoms. The molecule has 0 aliphatic carbocycles. The van der Waals surface area contributed by atoms with E-state index in [-0.39, 0.29) is 16.5 Å². The van der Waals surface area contributed by atoms with Crippen molar-refractivity contribution in [2.24, 2.45) is 5.73 Å². The Labute approximate surface area is 136 Å². The van der Waals surface area contributed by atoms with Gasteiger partial charge >= 0.3 is 0 Å². The lowest BCUT2D eigenvalue weighted by Gasteiger charge is -2.09. The first-order chi connectivity index (χ1) is 10.9. The SMILES string of the molecule is CCn1cc(NC(=S)Nc2ccc([N+](=O)[O-])cc2)c(C(N)=O)n1. The molecule has 0 spiro atoms. The quantitative estimate of drug-likeness (QED) is 0.431. The number of carbonyl (C=O) groups is 1. The van der Waals surface area contributed by atoms with Crippen LogP contribution in [0, 0.1) is 10.1 Å². The molecule has 2 aromatic rings. The van der Waals surface area contributed by atoms with E-state index in [9.17, 15) is 14.9 Å². The number of thiocarbonyl (C=S) groups is 1. The molecular weight excluding hydrogens is 320 g/mol. The number of benzene rings is 1. The number of nitrogens with zero attached hydrogens (tertiary/aromatic N) is 3. The Morgan fingerprint density at radius 3 is 2.57 bits per heavy atom. The lowest BCUT2D eigenvalue weighted by molar-refractivity contribution is -0.384. The molecule has 0 radical (unpaired) electrons. The highest BCUT2D eigenvalue weighted by atomic mass is 32.1. The van der Waals surface area contributed by atoms with Gasteiger partial charge in [0.15, 0.2) is 10.8 Å². The zero-order valence-electron chi connectivity index (χ0n) is 12.1. The third-order valence-electron chi connectivity index (χ3n) is 2.90. The van der Waals surface area contributed by atoms with Crippen LogP contribution in [0.4, 0.5) is 17.1 Å². The van der Waals surface area contributed by atoms with Crippen LogP contribution in [-0.2, 0) is 6.54 Å². The van der Waals surface area contributed by atoms with Crippen molar-refractivity contribution in [1.29, 1.82) is 0 Å². The van der Waals surface area contributed by atoms with E-state index in [1.807, 2.05) is 6.92 Å². The van der Waals surface area contributed by atoms with Crippen molar-refractivity contribution in [2.75, 3.05) is 10.6 Å². The molecule has 1 heterocycles. The van der Waals surface area contributed by atoms with E-state index < -0.39 is 10.8 Å². The second kappa shape index (κ2) is 6.83. The molecule has 120 valence electrons. The summed E-state index contributed by atoms with van der Waals surface area (Å²) in [5.74, 6) is -0.669. The van der Waals surface area contributed by atoms with Gasteiger partial charge in [-0.25, -0.2) is 0 Å². The van der Waals surface area contributed by atoms with Gasteiger partial charge in [0, 0.05) is 30.6 Å². The van der Waals surface area contributed by atoms with Crippen LogP contribution in [0.5, 0.6) is 0 Å². The molecule has 0 aliphatic rings. The van der Waals surface area contributed by atoms with E-state index in [1.54, 1.807) is 10.9 Å². The first-order valence-electron chi connectivity index (χ1n) is 6.60. The Bertz CT molecular complexity index is 756. The number of nitrogens with one attached hydrogen (secondary N) is 2. The van der Waals surface area contributed by atoms with Crippen molar-refractivity contribution < 1.29 is 9.72 Å². The maximum atomic E-state index is 11.4. The van der Waals surface area contributed by atoms with Gasteiger partial charge in [-0.3, -0.25) is 19.6 Å². The maximum absolute atomic E-state index is 11.4. The summed E-state index contributed by atoms with van der Waals surface area (Å²) in [6, 6.07) is 5.76. The summed E-state index contributed by atoms with van der Waals surface area (Å²) >= 11 is 5.15. The molecule has 1 aromatic carbocycles. The van der Waals surface area contributed by atoms with Gasteiger partial charge in [0.2, 0.25) is 0 Å². The summed E-state index contributed by atoms with van der Waals surface area (Å²) in [5.41, 5.74) is 6.29. The van der Waals surface area contributed by atoms with E-state index >= 15 is 0 Å². The number of primary amides is 1. The fourth-order valence-electron chi connectivity index (χ4n) is 1.81. The van der Waals surface area contributed by atoms with E-state index in [4.69, 9.17) is 18.0 Å². The van der Waals surface area contributed by atoms with Crippen LogP contribution in [0.2, 0.25) is 0 Å². The molecular formula is C13H14N6O3S. The molecule has 0 saturated heterocycles. The highest BCUT2D eigenvalue weighted by Crippen LogP contribution is 2.17. The lowest BCUT2D eigenvalue weighted by Crippen LogP contribution is -2.21. The topological polar surface area (TPSA) is 128 Å². The normalized spacial score (nSPS) is 10.1. The largest absolute Gasteiger partial charge is 0.364 e. The average molecular weight is 334 g/mol. The second-order valence-corrected chi connectivity index (χ2v) is 4.90. The van der Waals surface area contributed by atoms with Gasteiger partial charge in [0.05, 0.1) is 10.6 Å². The third-order valence-corrected chi connectivity index (χ3v) is 3.11. The number of carbonyl (C=O) groups excluding carboxylic acids is 1. The summed E-state index contributed by atoms with van der Waals surface area (Å²) in [6.45, 7) is 2.44. The predicted octanol–water partition coefficient (Wildman–Crippen LogP) is 1.72. The number of aromatic nitrogens is 2. The van der Waals surface area contributed by atoms with Gasteiger partial charge in [-0.15, -0.1) is 0 Å². The Morgan fingerprint density at radius 1 is 1.39 bits per heavy atom. The van der Waals surface area contributed by atoms with E-state index in [2.05, 4.69) is 15.7 Å². The van der Waals surface area contributed by atoms with Crippen molar-refractivity contribution in [3.63, 3.8) is 0 Å². The van der Waals surface area contributed by atoms with Crippen molar-refractivity contribution in [3.8, 4) is 0 Å². The lowest BCUT2D eigenvalue weighted by atomic mass is 10.3. The zero-order chi connectivity index (χ0) is 17.0. The fraction of sp³-hybridized carbons (Fsp3) is 0.154. The molecule has 0 atom stereocenters. The smallest absolute Gasteiger partial charge is 0.271 e. The number of nitrogens with two attached hydrogens (primary N) is 1. The second-order valence-electron chi connectivity index (χ2n) is 4.49. The Balaban J connectivity index is 2.09. The summed E-state index contributed by atoms with van der Waals surface area (Å²) in [4.78, 5) is 21.5. The molecule has 9 nitrogen and oxygen atoms in total. The average Bonchev–Trinajstić information content (AvgIpc) is 2.90. The van der Waals surface area contributed by atoms with Gasteiger partial charge in [-0.05, 0) is 31.3 Å². The van der Waals surface area contributed by atoms with Crippen molar-refractivity contribution in [3.05, 3.63) is 46.3 Å². The van der Waals surface area contributed by atoms with E-state index in [1.165, 1.54) is 24.3 Å². The molecule has 1 amide bonds. The minimum Gasteiger partial charge on any atom is -0.364 e. The number of aryl methyl sites for hydroxylation is 1. The van der Waals surface area contributed by atoms with Crippen LogP contribution in [0.1, 0.15) is 17.4 Å². The van der Waals surface area contributed by atoms with Crippen molar-refractivity contribution in [1.82, 2.24) is 9.78 Å². The number of hydrogen-bond acceptors (Lipinski definition) is 5. The first-order valence-corrected chi connectivity index (χ1v) is 7.01. The number of hydrogen-bond donors (Lipinski definition) is 3. The number of non-ortho nitro benzene ring substituents is 1. The summed E-state index contributed by atoms with van der Waals surface area (Å²) in [6.07, 6.45) is 1.61. The Hall–Kier alpha value is -3.01. The summed E-state index contributed by atoms with van der Waals surface area (Å²) < 4.78 is 1.55. The number of amides is 1. The molecule has 0 fully saturated rings. The predicted molar refractivity (Wildman–Crippen MR) is 89.4 cm³/mol. The van der Waals surface area contributed by atoms with E-state index in [0.717, 1.165) is 0 Å². The molecule has 23 heavy (non-hydrogen) atoms. The fourth-order valence-corrected chi connectivity index (χ4v) is 2.04. The van der Waals surface area contributed by atoms with Gasteiger partial charge in [-0.2, -0.15) is 5.10 Å². The van der Waals surface area contributed by atoms with Crippen LogP contribution in [0.3, 0.4) is 0 Å². The Morgan fingerprint density at radius 2 is 2.04 bits per heavy atom.